The van der Waals surface area contributed by atoms with Crippen LogP contribution in [0.25, 0.3) is 0 Å². The van der Waals surface area contributed by atoms with E-state index >= 15 is 0 Å². The van der Waals surface area contributed by atoms with Crippen LogP contribution >= 0.6 is 0 Å². The van der Waals surface area contributed by atoms with Gasteiger partial charge >= 0.3 is 0 Å². The topological polar surface area (TPSA) is 75.7 Å². The molecule has 0 saturated heterocycles. The standard InChI is InChI=1S/C23H32N2O4S/c1-5-20-10-12-21(13-11-20)25(30(4,27)28)15-6-7-23(26)24-14-16-29-22-17-18(2)8-9-19(22)3/h8-13,17H,5-7,14-16H2,1-4H3,(H,24,26). The van der Waals surface area contributed by atoms with Crippen LogP contribution in [0.2, 0.25) is 0 Å². The number of carbonyl (C=O) groups is 1. The Morgan fingerprint density at radius 3 is 2.43 bits per heavy atom. The molecule has 0 bridgehead atoms. The normalized spacial score (nSPS) is 11.2. The summed E-state index contributed by atoms with van der Waals surface area (Å²) in [5.74, 6) is 0.705. The van der Waals surface area contributed by atoms with Crippen molar-refractivity contribution in [3.8, 4) is 5.75 Å². The summed E-state index contributed by atoms with van der Waals surface area (Å²) < 4.78 is 31.4. The molecule has 2 aromatic carbocycles. The third kappa shape index (κ3) is 7.37. The summed E-state index contributed by atoms with van der Waals surface area (Å²) in [5.41, 5.74) is 3.95. The largest absolute Gasteiger partial charge is 0.491 e. The van der Waals surface area contributed by atoms with Crippen LogP contribution in [-0.2, 0) is 21.2 Å². The van der Waals surface area contributed by atoms with E-state index < -0.39 is 10.0 Å². The minimum atomic E-state index is -3.41. The molecule has 2 aromatic rings. The highest BCUT2D eigenvalue weighted by Gasteiger charge is 2.17. The van der Waals surface area contributed by atoms with Gasteiger partial charge in [-0.25, -0.2) is 8.42 Å². The second-order valence-corrected chi connectivity index (χ2v) is 9.33. The van der Waals surface area contributed by atoms with Gasteiger partial charge in [-0.3, -0.25) is 9.10 Å². The van der Waals surface area contributed by atoms with E-state index in [-0.39, 0.29) is 18.9 Å². The fraction of sp³-hybridized carbons (Fsp3) is 0.435. The molecule has 0 aromatic heterocycles. The Hall–Kier alpha value is -2.54. The molecule has 0 unspecified atom stereocenters. The summed E-state index contributed by atoms with van der Waals surface area (Å²) in [6.07, 6.45) is 2.77. The first-order valence-electron chi connectivity index (χ1n) is 10.2. The van der Waals surface area contributed by atoms with Gasteiger partial charge in [-0.05, 0) is 61.6 Å². The maximum atomic E-state index is 12.2. The van der Waals surface area contributed by atoms with E-state index in [0.29, 0.717) is 25.3 Å². The molecule has 0 saturated carbocycles. The fourth-order valence-electron chi connectivity index (χ4n) is 3.07. The molecule has 0 aliphatic rings. The van der Waals surface area contributed by atoms with E-state index in [0.717, 1.165) is 28.9 Å². The van der Waals surface area contributed by atoms with Gasteiger partial charge in [-0.2, -0.15) is 0 Å². The van der Waals surface area contributed by atoms with Crippen LogP contribution < -0.4 is 14.4 Å². The zero-order chi connectivity index (χ0) is 22.1. The summed E-state index contributed by atoms with van der Waals surface area (Å²) in [7, 11) is -3.41. The maximum Gasteiger partial charge on any atom is 0.232 e. The number of nitrogens with one attached hydrogen (secondary N) is 1. The van der Waals surface area contributed by atoms with Gasteiger partial charge in [0, 0.05) is 13.0 Å². The Bertz CT molecular complexity index is 940. The van der Waals surface area contributed by atoms with E-state index in [1.807, 2.05) is 56.3 Å². The van der Waals surface area contributed by atoms with E-state index in [4.69, 9.17) is 4.74 Å². The van der Waals surface area contributed by atoms with Gasteiger partial charge in [-0.1, -0.05) is 31.2 Å². The number of sulfonamides is 1. The number of ether oxygens (including phenoxy) is 1. The van der Waals surface area contributed by atoms with Gasteiger partial charge in [0.25, 0.3) is 0 Å². The van der Waals surface area contributed by atoms with Crippen molar-refractivity contribution in [3.63, 3.8) is 0 Å². The van der Waals surface area contributed by atoms with Crippen molar-refractivity contribution in [2.75, 3.05) is 30.3 Å². The predicted octanol–water partition coefficient (Wildman–Crippen LogP) is 3.61. The molecule has 30 heavy (non-hydrogen) atoms. The van der Waals surface area contributed by atoms with Crippen LogP contribution in [0, 0.1) is 13.8 Å². The smallest absolute Gasteiger partial charge is 0.232 e. The van der Waals surface area contributed by atoms with Crippen molar-refractivity contribution in [1.29, 1.82) is 0 Å². The minimum absolute atomic E-state index is 0.116. The van der Waals surface area contributed by atoms with Gasteiger partial charge in [-0.15, -0.1) is 0 Å². The monoisotopic (exact) mass is 432 g/mol. The number of anilines is 1. The van der Waals surface area contributed by atoms with Crippen molar-refractivity contribution in [2.24, 2.45) is 0 Å². The van der Waals surface area contributed by atoms with E-state index in [2.05, 4.69) is 12.2 Å². The average molecular weight is 433 g/mol. The van der Waals surface area contributed by atoms with Gasteiger partial charge in [0.05, 0.1) is 18.5 Å². The summed E-state index contributed by atoms with van der Waals surface area (Å²) in [4.78, 5) is 12.1. The first kappa shape index (κ1) is 23.7. The molecule has 0 atom stereocenters. The Morgan fingerprint density at radius 1 is 1.10 bits per heavy atom. The molecule has 0 heterocycles. The van der Waals surface area contributed by atoms with Crippen molar-refractivity contribution >= 4 is 21.6 Å². The molecule has 7 heteroatoms. The molecule has 0 aliphatic carbocycles. The lowest BCUT2D eigenvalue weighted by Gasteiger charge is -2.22. The van der Waals surface area contributed by atoms with Crippen LogP contribution in [0.5, 0.6) is 5.75 Å². The molecule has 0 fully saturated rings. The lowest BCUT2D eigenvalue weighted by atomic mass is 10.1. The molecule has 164 valence electrons. The molecule has 6 nitrogen and oxygen atoms in total. The molecule has 1 amide bonds. The van der Waals surface area contributed by atoms with Crippen molar-refractivity contribution < 1.29 is 17.9 Å². The second-order valence-electron chi connectivity index (χ2n) is 7.43. The Balaban J connectivity index is 1.77. The number of amides is 1. The van der Waals surface area contributed by atoms with Crippen LogP contribution in [0.1, 0.15) is 36.5 Å². The zero-order valence-electron chi connectivity index (χ0n) is 18.3. The summed E-state index contributed by atoms with van der Waals surface area (Å²) in [6.45, 7) is 7.09. The molecule has 2 rings (SSSR count). The zero-order valence-corrected chi connectivity index (χ0v) is 19.1. The minimum Gasteiger partial charge on any atom is -0.491 e. The average Bonchev–Trinajstić information content (AvgIpc) is 2.70. The van der Waals surface area contributed by atoms with Crippen LogP contribution in [0.3, 0.4) is 0 Å². The van der Waals surface area contributed by atoms with Crippen LogP contribution in [0.4, 0.5) is 5.69 Å². The van der Waals surface area contributed by atoms with E-state index in [9.17, 15) is 13.2 Å². The number of carbonyl (C=O) groups excluding carboxylic acids is 1. The maximum absolute atomic E-state index is 12.2. The van der Waals surface area contributed by atoms with Crippen LogP contribution in [-0.4, -0.2) is 40.3 Å². The van der Waals surface area contributed by atoms with Crippen LogP contribution in [0.15, 0.2) is 42.5 Å². The number of hydrogen-bond donors (Lipinski definition) is 1. The first-order valence-corrected chi connectivity index (χ1v) is 12.1. The Kier molecular flexibility index (Phi) is 8.72. The van der Waals surface area contributed by atoms with Gasteiger partial charge in [0.2, 0.25) is 15.9 Å². The molecule has 0 radical (unpaired) electrons. The van der Waals surface area contributed by atoms with Crippen molar-refractivity contribution in [2.45, 2.75) is 40.0 Å². The fourth-order valence-corrected chi connectivity index (χ4v) is 4.04. The highest BCUT2D eigenvalue weighted by molar-refractivity contribution is 7.92. The lowest BCUT2D eigenvalue weighted by molar-refractivity contribution is -0.121. The summed E-state index contributed by atoms with van der Waals surface area (Å²) in [6, 6.07) is 13.5. The van der Waals surface area contributed by atoms with E-state index in [1.54, 1.807) is 0 Å². The third-order valence-electron chi connectivity index (χ3n) is 4.82. The molecule has 0 spiro atoms. The molecule has 1 N–H and O–H groups in total. The Morgan fingerprint density at radius 2 is 1.80 bits per heavy atom. The SMILES string of the molecule is CCc1ccc(N(CCCC(=O)NCCOc2cc(C)ccc2C)S(C)(=O)=O)cc1. The van der Waals surface area contributed by atoms with Gasteiger partial charge in [0.1, 0.15) is 12.4 Å². The lowest BCUT2D eigenvalue weighted by Crippen LogP contribution is -2.32. The Labute approximate surface area is 180 Å². The number of hydrogen-bond acceptors (Lipinski definition) is 4. The molecular weight excluding hydrogens is 400 g/mol. The molecule has 0 aliphatic heterocycles. The second kappa shape index (κ2) is 11.0. The number of aryl methyl sites for hydroxylation is 3. The van der Waals surface area contributed by atoms with Crippen molar-refractivity contribution in [3.05, 3.63) is 59.2 Å². The number of benzene rings is 2. The predicted molar refractivity (Wildman–Crippen MR) is 122 cm³/mol. The van der Waals surface area contributed by atoms with Crippen molar-refractivity contribution in [1.82, 2.24) is 5.32 Å². The summed E-state index contributed by atoms with van der Waals surface area (Å²) in [5, 5.41) is 2.82. The number of nitrogens with zero attached hydrogens (tertiary/aromatic N) is 1. The highest BCUT2D eigenvalue weighted by Crippen LogP contribution is 2.20. The first-order chi connectivity index (χ1) is 14.2. The quantitative estimate of drug-likeness (QED) is 0.551. The van der Waals surface area contributed by atoms with E-state index in [1.165, 1.54) is 10.6 Å². The molecular formula is C23H32N2O4S. The van der Waals surface area contributed by atoms with Gasteiger partial charge < -0.3 is 10.1 Å². The van der Waals surface area contributed by atoms with Gasteiger partial charge in [0.15, 0.2) is 0 Å². The highest BCUT2D eigenvalue weighted by atomic mass is 32.2. The summed E-state index contributed by atoms with van der Waals surface area (Å²) >= 11 is 0. The number of rotatable bonds is 11. The third-order valence-corrected chi connectivity index (χ3v) is 6.02.